The number of nitrogens with one attached hydrogen (secondary N) is 1. The van der Waals surface area contributed by atoms with Crippen LogP contribution in [0, 0.1) is 5.41 Å². The molecule has 0 saturated heterocycles. The fraction of sp³-hybridized carbons (Fsp3) is 0.438. The summed E-state index contributed by atoms with van der Waals surface area (Å²) < 4.78 is 5.71. The SMILES string of the molecule is COC(C(NN)c1cccc2cnccc12)C(C)(C)C. The van der Waals surface area contributed by atoms with Gasteiger partial charge in [0.2, 0.25) is 0 Å². The summed E-state index contributed by atoms with van der Waals surface area (Å²) in [5.74, 6) is 5.82. The molecule has 0 saturated carbocycles. The van der Waals surface area contributed by atoms with Gasteiger partial charge in [-0.1, -0.05) is 39.0 Å². The van der Waals surface area contributed by atoms with Gasteiger partial charge in [-0.05, 0) is 22.4 Å². The molecule has 2 rings (SSSR count). The molecule has 4 nitrogen and oxygen atoms in total. The maximum atomic E-state index is 5.82. The fourth-order valence-electron chi connectivity index (χ4n) is 2.75. The molecule has 1 aromatic heterocycles. The smallest absolute Gasteiger partial charge is 0.0827 e. The first-order valence-corrected chi connectivity index (χ1v) is 6.80. The topological polar surface area (TPSA) is 60.2 Å². The predicted molar refractivity (Wildman–Crippen MR) is 82.1 cm³/mol. The zero-order valence-corrected chi connectivity index (χ0v) is 12.6. The first-order valence-electron chi connectivity index (χ1n) is 6.80. The number of nitrogens with zero attached hydrogens (tertiary/aromatic N) is 1. The fourth-order valence-corrected chi connectivity index (χ4v) is 2.75. The molecule has 0 aliphatic rings. The highest BCUT2D eigenvalue weighted by Gasteiger charge is 2.33. The lowest BCUT2D eigenvalue weighted by Gasteiger charge is -2.36. The Hall–Kier alpha value is -1.49. The van der Waals surface area contributed by atoms with Crippen molar-refractivity contribution in [2.75, 3.05) is 7.11 Å². The zero-order valence-electron chi connectivity index (χ0n) is 12.6. The number of aromatic nitrogens is 1. The Morgan fingerprint density at radius 3 is 2.60 bits per heavy atom. The standard InChI is InChI=1S/C16H23N3O/c1-16(2,3)15(20-4)14(19-17)13-7-5-6-11-10-18-9-8-12(11)13/h5-10,14-15,19H,17H2,1-4H3. The van der Waals surface area contributed by atoms with Crippen LogP contribution in [0.3, 0.4) is 0 Å². The number of hydrogen-bond donors (Lipinski definition) is 2. The van der Waals surface area contributed by atoms with Crippen molar-refractivity contribution in [1.29, 1.82) is 0 Å². The molecule has 1 aromatic carbocycles. The Bertz CT molecular complexity index is 572. The summed E-state index contributed by atoms with van der Waals surface area (Å²) in [7, 11) is 1.73. The molecule has 4 heteroatoms. The van der Waals surface area contributed by atoms with Crippen molar-refractivity contribution in [3.8, 4) is 0 Å². The van der Waals surface area contributed by atoms with Crippen molar-refractivity contribution in [2.24, 2.45) is 11.3 Å². The average molecular weight is 273 g/mol. The summed E-state index contributed by atoms with van der Waals surface area (Å²) >= 11 is 0. The van der Waals surface area contributed by atoms with Crippen LogP contribution >= 0.6 is 0 Å². The second-order valence-corrected chi connectivity index (χ2v) is 6.11. The predicted octanol–water partition coefficient (Wildman–Crippen LogP) is 2.80. The molecule has 2 atom stereocenters. The van der Waals surface area contributed by atoms with Gasteiger partial charge in [-0.3, -0.25) is 16.3 Å². The molecule has 1 heterocycles. The maximum absolute atomic E-state index is 5.82. The third kappa shape index (κ3) is 2.82. The molecule has 0 radical (unpaired) electrons. The summed E-state index contributed by atoms with van der Waals surface area (Å²) in [4.78, 5) is 4.17. The van der Waals surface area contributed by atoms with Gasteiger partial charge in [0.25, 0.3) is 0 Å². The summed E-state index contributed by atoms with van der Waals surface area (Å²) in [6.45, 7) is 6.45. The number of hydrogen-bond acceptors (Lipinski definition) is 4. The number of ether oxygens (including phenoxy) is 1. The first kappa shape index (κ1) is 14.9. The molecule has 0 aliphatic carbocycles. The Balaban J connectivity index is 2.54. The minimum absolute atomic E-state index is 0.0268. The number of hydrazine groups is 1. The number of rotatable bonds is 4. The number of benzene rings is 1. The molecule has 0 amide bonds. The van der Waals surface area contributed by atoms with Crippen LogP contribution in [0.15, 0.2) is 36.7 Å². The van der Waals surface area contributed by atoms with Gasteiger partial charge in [0.05, 0.1) is 12.1 Å². The summed E-state index contributed by atoms with van der Waals surface area (Å²) in [6, 6.07) is 8.11. The van der Waals surface area contributed by atoms with Gasteiger partial charge >= 0.3 is 0 Å². The maximum Gasteiger partial charge on any atom is 0.0827 e. The van der Waals surface area contributed by atoms with Gasteiger partial charge in [0.15, 0.2) is 0 Å². The molecule has 20 heavy (non-hydrogen) atoms. The molecule has 0 fully saturated rings. The van der Waals surface area contributed by atoms with Gasteiger partial charge < -0.3 is 4.74 Å². The van der Waals surface area contributed by atoms with E-state index >= 15 is 0 Å². The third-order valence-electron chi connectivity index (χ3n) is 3.64. The van der Waals surface area contributed by atoms with E-state index in [1.807, 2.05) is 18.3 Å². The van der Waals surface area contributed by atoms with Crippen LogP contribution in [0.4, 0.5) is 0 Å². The molecule has 108 valence electrons. The Labute approximate surface area is 120 Å². The number of nitrogens with two attached hydrogens (primary N) is 1. The van der Waals surface area contributed by atoms with Gasteiger partial charge in [-0.25, -0.2) is 0 Å². The number of pyridine rings is 1. The van der Waals surface area contributed by atoms with Crippen LogP contribution in [-0.2, 0) is 4.74 Å². The van der Waals surface area contributed by atoms with E-state index in [-0.39, 0.29) is 17.6 Å². The Kier molecular flexibility index (Phi) is 4.38. The molecule has 3 N–H and O–H groups in total. The molecular weight excluding hydrogens is 250 g/mol. The van der Waals surface area contributed by atoms with E-state index in [1.165, 1.54) is 0 Å². The first-order chi connectivity index (χ1) is 9.49. The van der Waals surface area contributed by atoms with Crippen LogP contribution < -0.4 is 11.3 Å². The summed E-state index contributed by atoms with van der Waals surface area (Å²) in [5, 5.41) is 2.26. The quantitative estimate of drug-likeness (QED) is 0.664. The van der Waals surface area contributed by atoms with E-state index in [4.69, 9.17) is 10.6 Å². The van der Waals surface area contributed by atoms with E-state index in [0.717, 1.165) is 16.3 Å². The Morgan fingerprint density at radius 1 is 1.25 bits per heavy atom. The normalized spacial score (nSPS) is 15.2. The third-order valence-corrected chi connectivity index (χ3v) is 3.64. The summed E-state index contributed by atoms with van der Waals surface area (Å²) in [6.07, 6.45) is 3.63. The van der Waals surface area contributed by atoms with Crippen LogP contribution in [-0.4, -0.2) is 18.2 Å². The minimum atomic E-state index is -0.0777. The van der Waals surface area contributed by atoms with Crippen LogP contribution in [0.2, 0.25) is 0 Å². The van der Waals surface area contributed by atoms with Gasteiger partial charge in [0, 0.05) is 24.9 Å². The van der Waals surface area contributed by atoms with E-state index < -0.39 is 0 Å². The van der Waals surface area contributed by atoms with Crippen LogP contribution in [0.25, 0.3) is 10.8 Å². The highest BCUT2D eigenvalue weighted by atomic mass is 16.5. The van der Waals surface area contributed by atoms with Crippen molar-refractivity contribution < 1.29 is 4.74 Å². The van der Waals surface area contributed by atoms with Crippen molar-refractivity contribution >= 4 is 10.8 Å². The lowest BCUT2D eigenvalue weighted by molar-refractivity contribution is -0.0116. The monoisotopic (exact) mass is 273 g/mol. The van der Waals surface area contributed by atoms with E-state index in [2.05, 4.69) is 43.3 Å². The van der Waals surface area contributed by atoms with Gasteiger partial charge in [-0.15, -0.1) is 0 Å². The van der Waals surface area contributed by atoms with Gasteiger partial charge in [-0.2, -0.15) is 0 Å². The molecule has 0 bridgehead atoms. The second kappa shape index (κ2) is 5.87. The van der Waals surface area contributed by atoms with Crippen molar-refractivity contribution in [1.82, 2.24) is 10.4 Å². The van der Waals surface area contributed by atoms with Gasteiger partial charge in [0.1, 0.15) is 0 Å². The van der Waals surface area contributed by atoms with Crippen LogP contribution in [0.1, 0.15) is 32.4 Å². The second-order valence-electron chi connectivity index (χ2n) is 6.11. The number of fused-ring (bicyclic) bond motifs is 1. The number of methoxy groups -OCH3 is 1. The molecule has 2 aromatic rings. The molecule has 0 spiro atoms. The van der Waals surface area contributed by atoms with Crippen molar-refractivity contribution in [3.63, 3.8) is 0 Å². The Morgan fingerprint density at radius 2 is 2.00 bits per heavy atom. The average Bonchev–Trinajstić information content (AvgIpc) is 2.42. The highest BCUT2D eigenvalue weighted by molar-refractivity contribution is 5.85. The lowest BCUT2D eigenvalue weighted by atomic mass is 9.81. The minimum Gasteiger partial charge on any atom is -0.379 e. The van der Waals surface area contributed by atoms with E-state index in [1.54, 1.807) is 13.3 Å². The van der Waals surface area contributed by atoms with Crippen molar-refractivity contribution in [3.05, 3.63) is 42.2 Å². The van der Waals surface area contributed by atoms with E-state index in [0.29, 0.717) is 0 Å². The lowest BCUT2D eigenvalue weighted by Crippen LogP contribution is -2.44. The van der Waals surface area contributed by atoms with Crippen molar-refractivity contribution in [2.45, 2.75) is 32.9 Å². The molecule has 2 unspecified atom stereocenters. The van der Waals surface area contributed by atoms with E-state index in [9.17, 15) is 0 Å². The molecule has 0 aliphatic heterocycles. The summed E-state index contributed by atoms with van der Waals surface area (Å²) in [5.41, 5.74) is 4.03. The molecular formula is C16H23N3O. The largest absolute Gasteiger partial charge is 0.379 e. The highest BCUT2D eigenvalue weighted by Crippen LogP contribution is 2.34. The zero-order chi connectivity index (χ0) is 14.8. The van der Waals surface area contributed by atoms with Crippen LogP contribution in [0.5, 0.6) is 0 Å².